The summed E-state index contributed by atoms with van der Waals surface area (Å²) in [6, 6.07) is 25.4. The maximum Gasteiger partial charge on any atom is 0.300 e. The fourth-order valence-corrected chi connectivity index (χ4v) is 3.59. The number of rotatable bonds is 5. The van der Waals surface area contributed by atoms with Gasteiger partial charge in [0.1, 0.15) is 0 Å². The smallest absolute Gasteiger partial charge is 0.300 e. The largest absolute Gasteiger partial charge is 0.420 e. The van der Waals surface area contributed by atoms with Crippen molar-refractivity contribution >= 4 is 35.1 Å². The summed E-state index contributed by atoms with van der Waals surface area (Å²) in [5.74, 6) is 0.0815. The number of nitrogens with zero attached hydrogens (tertiary/aromatic N) is 3. The molecule has 0 unspecified atom stereocenters. The van der Waals surface area contributed by atoms with Gasteiger partial charge in [0, 0.05) is 30.2 Å². The van der Waals surface area contributed by atoms with Crippen molar-refractivity contribution in [3.63, 3.8) is 0 Å². The fraction of sp³-hybridized carbons (Fsp3) is 0.214. The number of carbonyl (C=O) groups is 1. The van der Waals surface area contributed by atoms with Gasteiger partial charge in [0.15, 0.2) is 5.76 Å². The van der Waals surface area contributed by atoms with Crippen LogP contribution in [0, 0.1) is 13.8 Å². The van der Waals surface area contributed by atoms with Crippen molar-refractivity contribution in [2.45, 2.75) is 33.7 Å². The van der Waals surface area contributed by atoms with Gasteiger partial charge in [-0.25, -0.2) is 4.99 Å². The topological polar surface area (TPSA) is 45.1 Å². The molecule has 0 spiro atoms. The van der Waals surface area contributed by atoms with E-state index in [0.29, 0.717) is 6.02 Å². The lowest BCUT2D eigenvalue weighted by atomic mass is 10.1. The predicted octanol–water partition coefficient (Wildman–Crippen LogP) is 6.37. The van der Waals surface area contributed by atoms with Gasteiger partial charge in [0.2, 0.25) is 0 Å². The first-order valence-electron chi connectivity index (χ1n) is 11.1. The van der Waals surface area contributed by atoms with Crippen molar-refractivity contribution in [1.29, 1.82) is 0 Å². The standard InChI is InChI=1S/C28H29N3O2/c1-19(2)29-28-30(5)27(32)26(33-28)18-22-10-16-25(17-11-22)31(23-12-6-20(3)7-13-23)24-14-8-21(4)9-15-24/h6-19H,1-5H3/b26-18+,29-28?. The van der Waals surface area contributed by atoms with Crippen LogP contribution in [0.3, 0.4) is 0 Å². The van der Waals surface area contributed by atoms with E-state index in [4.69, 9.17) is 4.74 Å². The Morgan fingerprint density at radius 1 is 0.818 bits per heavy atom. The Hall–Kier alpha value is -3.86. The summed E-state index contributed by atoms with van der Waals surface area (Å²) in [4.78, 5) is 20.6. The van der Waals surface area contributed by atoms with Crippen LogP contribution in [0.25, 0.3) is 6.08 Å². The highest BCUT2D eigenvalue weighted by Crippen LogP contribution is 2.35. The zero-order valence-electron chi connectivity index (χ0n) is 19.7. The van der Waals surface area contributed by atoms with Crippen molar-refractivity contribution in [2.24, 2.45) is 4.99 Å². The van der Waals surface area contributed by atoms with Crippen molar-refractivity contribution in [3.05, 3.63) is 95.2 Å². The minimum atomic E-state index is -0.195. The third kappa shape index (κ3) is 4.98. The monoisotopic (exact) mass is 439 g/mol. The Morgan fingerprint density at radius 3 is 1.73 bits per heavy atom. The Bertz CT molecular complexity index is 1150. The molecule has 0 bridgehead atoms. The molecule has 1 aliphatic rings. The Balaban J connectivity index is 1.66. The molecule has 0 aromatic heterocycles. The lowest BCUT2D eigenvalue weighted by Gasteiger charge is -2.25. The first kappa shape index (κ1) is 22.3. The molecule has 0 atom stereocenters. The summed E-state index contributed by atoms with van der Waals surface area (Å²) >= 11 is 0. The molecular weight excluding hydrogens is 410 g/mol. The van der Waals surface area contributed by atoms with Gasteiger partial charge in [0.05, 0.1) is 0 Å². The second-order valence-corrected chi connectivity index (χ2v) is 8.58. The first-order chi connectivity index (χ1) is 15.8. The molecule has 1 heterocycles. The van der Waals surface area contributed by atoms with Crippen molar-refractivity contribution in [2.75, 3.05) is 11.9 Å². The molecular formula is C28H29N3O2. The second-order valence-electron chi connectivity index (χ2n) is 8.58. The summed E-state index contributed by atoms with van der Waals surface area (Å²) in [6.45, 7) is 8.07. The van der Waals surface area contributed by atoms with Crippen LogP contribution >= 0.6 is 0 Å². The van der Waals surface area contributed by atoms with Gasteiger partial charge in [0.25, 0.3) is 11.9 Å². The number of hydrogen-bond donors (Lipinski definition) is 0. The van der Waals surface area contributed by atoms with Crippen LogP contribution in [0.15, 0.2) is 83.5 Å². The summed E-state index contributed by atoms with van der Waals surface area (Å²) < 4.78 is 5.72. The summed E-state index contributed by atoms with van der Waals surface area (Å²) in [6.07, 6.45) is 1.76. The highest BCUT2D eigenvalue weighted by Gasteiger charge is 2.31. The minimum absolute atomic E-state index is 0.0448. The van der Waals surface area contributed by atoms with Crippen molar-refractivity contribution in [1.82, 2.24) is 4.90 Å². The Labute approximate surface area is 195 Å². The van der Waals surface area contributed by atoms with Gasteiger partial charge in [-0.15, -0.1) is 0 Å². The molecule has 168 valence electrons. The predicted molar refractivity (Wildman–Crippen MR) is 135 cm³/mol. The molecule has 4 rings (SSSR count). The van der Waals surface area contributed by atoms with Crippen molar-refractivity contribution in [3.8, 4) is 0 Å². The average Bonchev–Trinajstić information content (AvgIpc) is 3.05. The van der Waals surface area contributed by atoms with Gasteiger partial charge in [-0.2, -0.15) is 0 Å². The number of amidine groups is 1. The average molecular weight is 440 g/mol. The highest BCUT2D eigenvalue weighted by atomic mass is 16.5. The molecule has 1 fully saturated rings. The van der Waals surface area contributed by atoms with Crippen LogP contribution in [0.2, 0.25) is 0 Å². The van der Waals surface area contributed by atoms with Crippen LogP contribution in [-0.4, -0.2) is 29.9 Å². The Morgan fingerprint density at radius 2 is 1.27 bits per heavy atom. The minimum Gasteiger partial charge on any atom is -0.420 e. The summed E-state index contributed by atoms with van der Waals surface area (Å²) in [5, 5.41) is 0. The van der Waals surface area contributed by atoms with Crippen LogP contribution in [0.1, 0.15) is 30.5 Å². The number of benzene rings is 3. The van der Waals surface area contributed by atoms with Gasteiger partial charge >= 0.3 is 0 Å². The van der Waals surface area contributed by atoms with Crippen LogP contribution in [-0.2, 0) is 9.53 Å². The molecule has 1 aliphatic heterocycles. The number of anilines is 3. The number of amides is 1. The van der Waals surface area contributed by atoms with E-state index in [1.165, 1.54) is 16.0 Å². The zero-order chi connectivity index (χ0) is 23.5. The van der Waals surface area contributed by atoms with E-state index < -0.39 is 0 Å². The fourth-order valence-electron chi connectivity index (χ4n) is 3.59. The summed E-state index contributed by atoms with van der Waals surface area (Å²) in [7, 11) is 1.68. The zero-order valence-corrected chi connectivity index (χ0v) is 19.7. The van der Waals surface area contributed by atoms with Crippen LogP contribution in [0.4, 0.5) is 17.1 Å². The molecule has 3 aromatic rings. The third-order valence-corrected chi connectivity index (χ3v) is 5.41. The third-order valence-electron chi connectivity index (χ3n) is 5.41. The van der Waals surface area contributed by atoms with E-state index in [0.717, 1.165) is 22.6 Å². The number of likely N-dealkylation sites (N-methyl/N-ethyl adjacent to an activating group) is 1. The normalized spacial score (nSPS) is 16.1. The number of carbonyl (C=O) groups excluding carboxylic acids is 1. The van der Waals surface area contributed by atoms with Crippen LogP contribution < -0.4 is 4.90 Å². The van der Waals surface area contributed by atoms with Gasteiger partial charge < -0.3 is 9.64 Å². The molecule has 0 aliphatic carbocycles. The number of aryl methyl sites for hydroxylation is 2. The molecule has 0 radical (unpaired) electrons. The SMILES string of the molecule is Cc1ccc(N(c2ccc(C)cc2)c2ccc(/C=C3/OC(=NC(C)C)N(C)C3=O)cc2)cc1. The van der Waals surface area contributed by atoms with Gasteiger partial charge in [-0.1, -0.05) is 47.5 Å². The maximum absolute atomic E-state index is 12.5. The molecule has 3 aromatic carbocycles. The van der Waals surface area contributed by atoms with Gasteiger partial charge in [-0.05, 0) is 75.7 Å². The van der Waals surface area contributed by atoms with E-state index in [9.17, 15) is 4.79 Å². The number of hydrogen-bond acceptors (Lipinski definition) is 4. The van der Waals surface area contributed by atoms with Crippen molar-refractivity contribution < 1.29 is 9.53 Å². The molecule has 33 heavy (non-hydrogen) atoms. The van der Waals surface area contributed by atoms with E-state index in [-0.39, 0.29) is 17.7 Å². The molecule has 1 amide bonds. The van der Waals surface area contributed by atoms with E-state index in [1.807, 2.05) is 26.0 Å². The molecule has 1 saturated heterocycles. The van der Waals surface area contributed by atoms with E-state index in [1.54, 1.807) is 13.1 Å². The lowest BCUT2D eigenvalue weighted by Crippen LogP contribution is -2.25. The van der Waals surface area contributed by atoms with Crippen LogP contribution in [0.5, 0.6) is 0 Å². The first-order valence-corrected chi connectivity index (χ1v) is 11.1. The molecule has 0 N–H and O–H groups in total. The molecule has 5 heteroatoms. The molecule has 0 saturated carbocycles. The molecule has 5 nitrogen and oxygen atoms in total. The number of aliphatic imine (C=N–C) groups is 1. The second kappa shape index (κ2) is 9.33. The van der Waals surface area contributed by atoms with E-state index in [2.05, 4.69) is 84.4 Å². The lowest BCUT2D eigenvalue weighted by molar-refractivity contribution is -0.122. The highest BCUT2D eigenvalue weighted by molar-refractivity contribution is 6.11. The number of ether oxygens (including phenoxy) is 1. The summed E-state index contributed by atoms with van der Waals surface area (Å²) in [5.41, 5.74) is 6.52. The van der Waals surface area contributed by atoms with Gasteiger partial charge in [-0.3, -0.25) is 9.69 Å². The maximum atomic E-state index is 12.5. The quantitative estimate of drug-likeness (QED) is 0.434. The Kier molecular flexibility index (Phi) is 6.31. The van der Waals surface area contributed by atoms with E-state index >= 15 is 0 Å².